The lowest BCUT2D eigenvalue weighted by molar-refractivity contribution is -0.127. The van der Waals surface area contributed by atoms with Gasteiger partial charge in [0.1, 0.15) is 12.3 Å². The second kappa shape index (κ2) is 12.6. The third kappa shape index (κ3) is 7.11. The van der Waals surface area contributed by atoms with Crippen molar-refractivity contribution < 1.29 is 28.7 Å². The van der Waals surface area contributed by atoms with E-state index in [1.807, 2.05) is 32.9 Å². The lowest BCUT2D eigenvalue weighted by Gasteiger charge is -2.13. The summed E-state index contributed by atoms with van der Waals surface area (Å²) < 4.78 is 10.9. The minimum absolute atomic E-state index is 0.107. The minimum Gasteiger partial charge on any atom is -0.493 e. The Morgan fingerprint density at radius 2 is 1.92 bits per heavy atom. The first kappa shape index (κ1) is 27.3. The van der Waals surface area contributed by atoms with Gasteiger partial charge in [-0.3, -0.25) is 19.3 Å². The molecule has 0 radical (unpaired) electrons. The first-order chi connectivity index (χ1) is 17.2. The van der Waals surface area contributed by atoms with Gasteiger partial charge in [0.05, 0.1) is 28.7 Å². The molecule has 0 atom stereocenters. The number of para-hydroxylation sites is 1. The zero-order chi connectivity index (χ0) is 26.2. The molecule has 10 heteroatoms. The quantitative estimate of drug-likeness (QED) is 0.314. The summed E-state index contributed by atoms with van der Waals surface area (Å²) in [7, 11) is 0. The first-order valence-corrected chi connectivity index (χ1v) is 12.6. The molecule has 0 aromatic heterocycles. The van der Waals surface area contributed by atoms with Crippen molar-refractivity contribution in [3.8, 4) is 5.75 Å². The van der Waals surface area contributed by atoms with Gasteiger partial charge in [-0.1, -0.05) is 50.6 Å². The highest BCUT2D eigenvalue weighted by molar-refractivity contribution is 8.18. The van der Waals surface area contributed by atoms with Crippen LogP contribution in [0.2, 0.25) is 5.02 Å². The number of esters is 1. The number of nitrogens with one attached hydrogen (secondary N) is 1. The van der Waals surface area contributed by atoms with E-state index in [-0.39, 0.29) is 27.8 Å². The number of rotatable bonds is 10. The summed E-state index contributed by atoms with van der Waals surface area (Å²) >= 11 is 6.84. The van der Waals surface area contributed by atoms with Crippen molar-refractivity contribution in [1.29, 1.82) is 0 Å². The van der Waals surface area contributed by atoms with Gasteiger partial charge in [-0.05, 0) is 54.4 Å². The van der Waals surface area contributed by atoms with Crippen LogP contribution in [0, 0.1) is 5.92 Å². The van der Waals surface area contributed by atoms with Gasteiger partial charge in [0, 0.05) is 11.3 Å². The molecule has 0 spiro atoms. The zero-order valence-electron chi connectivity index (χ0n) is 20.2. The fourth-order valence-corrected chi connectivity index (χ4v) is 4.17. The first-order valence-electron chi connectivity index (χ1n) is 11.4. The lowest BCUT2D eigenvalue weighted by Crippen LogP contribution is -2.36. The molecule has 36 heavy (non-hydrogen) atoms. The Hall–Kier alpha value is -3.30. The Kier molecular flexibility index (Phi) is 9.55. The summed E-state index contributed by atoms with van der Waals surface area (Å²) in [4.78, 5) is 51.2. The molecule has 1 heterocycles. The van der Waals surface area contributed by atoms with Crippen LogP contribution in [0.15, 0.2) is 47.4 Å². The average Bonchev–Trinajstić information content (AvgIpc) is 3.10. The van der Waals surface area contributed by atoms with E-state index in [0.717, 1.165) is 16.7 Å². The third-order valence-electron chi connectivity index (χ3n) is 4.86. The van der Waals surface area contributed by atoms with Crippen LogP contribution in [0.3, 0.4) is 0 Å². The number of halogens is 1. The molecule has 3 rings (SSSR count). The molecule has 1 aliphatic heterocycles. The molecule has 0 saturated carbocycles. The lowest BCUT2D eigenvalue weighted by atomic mass is 10.1. The molecule has 0 aliphatic carbocycles. The number of hydrogen-bond donors (Lipinski definition) is 1. The number of carbonyl (C=O) groups is 4. The van der Waals surface area contributed by atoms with E-state index in [1.165, 1.54) is 18.2 Å². The van der Waals surface area contributed by atoms with Crippen LogP contribution in [0.5, 0.6) is 5.75 Å². The molecular weight excluding hydrogens is 504 g/mol. The third-order valence-corrected chi connectivity index (χ3v) is 6.10. The van der Waals surface area contributed by atoms with Crippen molar-refractivity contribution in [3.05, 3.63) is 63.5 Å². The number of nitrogens with zero attached hydrogens (tertiary/aromatic N) is 1. The monoisotopic (exact) mass is 530 g/mol. The Morgan fingerprint density at radius 1 is 1.17 bits per heavy atom. The maximum Gasteiger partial charge on any atom is 0.339 e. The van der Waals surface area contributed by atoms with Gasteiger partial charge in [0.15, 0.2) is 0 Å². The Balaban J connectivity index is 1.69. The van der Waals surface area contributed by atoms with E-state index < -0.39 is 29.6 Å². The molecule has 3 amide bonds. The molecule has 0 bridgehead atoms. The molecular formula is C26H27ClN2O6S. The van der Waals surface area contributed by atoms with Crippen LogP contribution in [0.25, 0.3) is 6.08 Å². The van der Waals surface area contributed by atoms with Gasteiger partial charge < -0.3 is 14.8 Å². The van der Waals surface area contributed by atoms with E-state index >= 15 is 0 Å². The van der Waals surface area contributed by atoms with Gasteiger partial charge in [-0.2, -0.15) is 0 Å². The molecule has 2 aromatic carbocycles. The second-order valence-electron chi connectivity index (χ2n) is 8.39. The number of hydrogen-bond acceptors (Lipinski definition) is 7. The summed E-state index contributed by atoms with van der Waals surface area (Å²) in [5.41, 5.74) is 1.05. The standard InChI is InChI=1S/C26H27ClN2O6S/c1-4-11-34-25(32)19-13-18(9-10-20(19)27)28-23(30)14-29-24(31)22(36-26(29)33)12-17-7-5-6-8-21(17)35-15-16(2)3/h5-10,12-13,16H,4,11,14-15H2,1-3H3,(H,28,30)/b22-12+. The van der Waals surface area contributed by atoms with Gasteiger partial charge >= 0.3 is 5.97 Å². The summed E-state index contributed by atoms with van der Waals surface area (Å²) in [5.74, 6) is -0.853. The van der Waals surface area contributed by atoms with E-state index in [1.54, 1.807) is 18.2 Å². The van der Waals surface area contributed by atoms with Crippen LogP contribution >= 0.6 is 23.4 Å². The number of amides is 3. The summed E-state index contributed by atoms with van der Waals surface area (Å²) in [5, 5.41) is 2.22. The molecule has 1 saturated heterocycles. The molecule has 1 N–H and O–H groups in total. The number of benzene rings is 2. The highest BCUT2D eigenvalue weighted by Crippen LogP contribution is 2.34. The van der Waals surface area contributed by atoms with E-state index in [2.05, 4.69) is 5.32 Å². The normalized spacial score (nSPS) is 14.5. The number of ether oxygens (including phenoxy) is 2. The van der Waals surface area contributed by atoms with Crippen LogP contribution in [-0.2, 0) is 14.3 Å². The summed E-state index contributed by atoms with van der Waals surface area (Å²) in [6.45, 7) is 6.20. The molecule has 1 aliphatic rings. The van der Waals surface area contributed by atoms with Gasteiger partial charge in [0.25, 0.3) is 11.1 Å². The second-order valence-corrected chi connectivity index (χ2v) is 9.79. The predicted octanol–water partition coefficient (Wildman–Crippen LogP) is 5.62. The van der Waals surface area contributed by atoms with E-state index in [4.69, 9.17) is 21.1 Å². The molecule has 2 aromatic rings. The van der Waals surface area contributed by atoms with Crippen LogP contribution in [0.4, 0.5) is 10.5 Å². The van der Waals surface area contributed by atoms with Gasteiger partial charge in [-0.15, -0.1) is 0 Å². The van der Waals surface area contributed by atoms with Crippen molar-refractivity contribution in [2.75, 3.05) is 25.1 Å². The number of carbonyl (C=O) groups excluding carboxylic acids is 4. The fourth-order valence-electron chi connectivity index (χ4n) is 3.14. The van der Waals surface area contributed by atoms with E-state index in [0.29, 0.717) is 30.3 Å². The minimum atomic E-state index is -0.605. The van der Waals surface area contributed by atoms with Gasteiger partial charge in [-0.25, -0.2) is 4.79 Å². The molecule has 0 unspecified atom stereocenters. The summed E-state index contributed by atoms with van der Waals surface area (Å²) in [6, 6.07) is 11.6. The Bertz CT molecular complexity index is 1200. The maximum absolute atomic E-state index is 12.9. The smallest absolute Gasteiger partial charge is 0.339 e. The number of imide groups is 1. The van der Waals surface area contributed by atoms with Crippen molar-refractivity contribution in [1.82, 2.24) is 4.90 Å². The Morgan fingerprint density at radius 3 is 2.64 bits per heavy atom. The van der Waals surface area contributed by atoms with Crippen LogP contribution in [-0.4, -0.2) is 47.7 Å². The maximum atomic E-state index is 12.9. The molecule has 190 valence electrons. The highest BCUT2D eigenvalue weighted by Gasteiger charge is 2.36. The number of anilines is 1. The van der Waals surface area contributed by atoms with Gasteiger partial charge in [0.2, 0.25) is 5.91 Å². The largest absolute Gasteiger partial charge is 0.493 e. The van der Waals surface area contributed by atoms with E-state index in [9.17, 15) is 19.2 Å². The van der Waals surface area contributed by atoms with Crippen molar-refractivity contribution in [2.45, 2.75) is 27.2 Å². The van der Waals surface area contributed by atoms with Crippen LogP contribution < -0.4 is 10.1 Å². The fraction of sp³-hybridized carbons (Fsp3) is 0.308. The summed E-state index contributed by atoms with van der Waals surface area (Å²) in [6.07, 6.45) is 2.24. The highest BCUT2D eigenvalue weighted by atomic mass is 35.5. The number of thioether (sulfide) groups is 1. The SMILES string of the molecule is CCCOC(=O)c1cc(NC(=O)CN2C(=O)S/C(=C/c3ccccc3OCC(C)C)C2=O)ccc1Cl. The topological polar surface area (TPSA) is 102 Å². The Labute approximate surface area is 219 Å². The van der Waals surface area contributed by atoms with Crippen molar-refractivity contribution in [3.63, 3.8) is 0 Å². The van der Waals surface area contributed by atoms with Crippen molar-refractivity contribution >= 4 is 58.1 Å². The predicted molar refractivity (Wildman–Crippen MR) is 140 cm³/mol. The van der Waals surface area contributed by atoms with Crippen molar-refractivity contribution in [2.24, 2.45) is 5.92 Å². The molecule has 8 nitrogen and oxygen atoms in total. The molecule has 1 fully saturated rings. The zero-order valence-corrected chi connectivity index (χ0v) is 21.8. The van der Waals surface area contributed by atoms with Crippen LogP contribution in [0.1, 0.15) is 43.1 Å². The average molecular weight is 531 g/mol.